The van der Waals surface area contributed by atoms with Gasteiger partial charge in [-0.1, -0.05) is 54.6 Å². The van der Waals surface area contributed by atoms with E-state index < -0.39 is 15.7 Å². The average Bonchev–Trinajstić information content (AvgIpc) is 2.88. The number of carbonyl (C=O) groups excluding carboxylic acids is 1. The second-order valence-corrected chi connectivity index (χ2v) is 9.59. The number of rotatable bonds is 7. The maximum Gasteiger partial charge on any atom is 0.279 e. The van der Waals surface area contributed by atoms with Gasteiger partial charge in [-0.2, -0.15) is 5.26 Å². The molecule has 0 saturated heterocycles. The number of fused-ring (bicyclic) bond motifs is 1. The number of nitriles is 1. The van der Waals surface area contributed by atoms with E-state index in [-0.39, 0.29) is 28.6 Å². The molecule has 170 valence electrons. The number of sulfone groups is 1. The minimum absolute atomic E-state index is 0.127. The van der Waals surface area contributed by atoms with Crippen molar-refractivity contribution in [1.82, 2.24) is 5.48 Å². The van der Waals surface area contributed by atoms with E-state index in [2.05, 4.69) is 6.07 Å². The Morgan fingerprint density at radius 3 is 2.44 bits per heavy atom. The zero-order valence-electron chi connectivity index (χ0n) is 17.9. The number of hydrogen-bond acceptors (Lipinski definition) is 6. The number of amides is 1. The van der Waals surface area contributed by atoms with E-state index in [0.717, 1.165) is 16.5 Å². The molecule has 7 nitrogen and oxygen atoms in total. The van der Waals surface area contributed by atoms with Crippen LogP contribution in [0.25, 0.3) is 21.9 Å². The lowest BCUT2D eigenvalue weighted by Gasteiger charge is -2.13. The summed E-state index contributed by atoms with van der Waals surface area (Å²) in [7, 11) is -3.65. The fourth-order valence-electron chi connectivity index (χ4n) is 3.66. The number of hydroxylamine groups is 1. The van der Waals surface area contributed by atoms with E-state index in [9.17, 15) is 13.2 Å². The van der Waals surface area contributed by atoms with Gasteiger partial charge >= 0.3 is 0 Å². The third-order valence-electron chi connectivity index (χ3n) is 5.37. The molecule has 4 aromatic carbocycles. The van der Waals surface area contributed by atoms with E-state index in [1.807, 2.05) is 18.2 Å². The van der Waals surface area contributed by atoms with Gasteiger partial charge in [0.2, 0.25) is 0 Å². The van der Waals surface area contributed by atoms with Gasteiger partial charge in [0.15, 0.2) is 9.84 Å². The van der Waals surface area contributed by atoms with Gasteiger partial charge in [-0.15, -0.1) is 0 Å². The molecule has 0 spiro atoms. The number of carbonyl (C=O) groups is 1. The standard InChI is InChI=1S/C26H20N2O5S/c27-17-18-4-3-6-21(16-18)19-8-11-22(12-9-19)34(31,32)15-14-33-24-13-10-20-5-1-2-7-23(20)25(24)26(29)28-30/h1-13,16,30H,14-15H2,(H,28,29). The number of nitrogens with zero attached hydrogens (tertiary/aromatic N) is 1. The summed E-state index contributed by atoms with van der Waals surface area (Å²) in [5, 5.41) is 19.6. The van der Waals surface area contributed by atoms with E-state index in [1.54, 1.807) is 60.1 Å². The number of nitrogens with one attached hydrogen (secondary N) is 1. The van der Waals surface area contributed by atoms with Gasteiger partial charge in [0.05, 0.1) is 27.8 Å². The van der Waals surface area contributed by atoms with Gasteiger partial charge in [-0.25, -0.2) is 13.9 Å². The molecule has 0 aliphatic rings. The molecule has 1 amide bonds. The Bertz CT molecular complexity index is 1510. The van der Waals surface area contributed by atoms with Crippen LogP contribution in [0, 0.1) is 11.3 Å². The topological polar surface area (TPSA) is 116 Å². The molecular formula is C26H20N2O5S. The summed E-state index contributed by atoms with van der Waals surface area (Å²) in [6, 6.07) is 26.0. The quantitative estimate of drug-likeness (QED) is 0.305. The van der Waals surface area contributed by atoms with Gasteiger partial charge in [0.25, 0.3) is 5.91 Å². The largest absolute Gasteiger partial charge is 0.492 e. The average molecular weight is 473 g/mol. The first kappa shape index (κ1) is 23.0. The van der Waals surface area contributed by atoms with Crippen molar-refractivity contribution in [2.24, 2.45) is 0 Å². The smallest absolute Gasteiger partial charge is 0.279 e. The number of benzene rings is 4. The lowest BCUT2D eigenvalue weighted by molar-refractivity contribution is 0.0704. The molecule has 0 atom stereocenters. The molecule has 0 aliphatic heterocycles. The van der Waals surface area contributed by atoms with E-state index in [0.29, 0.717) is 10.9 Å². The predicted octanol–water partition coefficient (Wildman–Crippen LogP) is 4.35. The highest BCUT2D eigenvalue weighted by Crippen LogP contribution is 2.28. The highest BCUT2D eigenvalue weighted by molar-refractivity contribution is 7.91. The molecule has 0 heterocycles. The number of ether oxygens (including phenoxy) is 1. The van der Waals surface area contributed by atoms with Crippen LogP contribution in [0.5, 0.6) is 5.75 Å². The minimum atomic E-state index is -3.65. The van der Waals surface area contributed by atoms with Gasteiger partial charge < -0.3 is 4.74 Å². The maximum atomic E-state index is 12.8. The van der Waals surface area contributed by atoms with Crippen LogP contribution in [0.15, 0.2) is 89.8 Å². The third-order valence-corrected chi connectivity index (χ3v) is 7.06. The normalized spacial score (nSPS) is 11.1. The Labute approximate surface area is 196 Å². The Hall–Kier alpha value is -4.19. The lowest BCUT2D eigenvalue weighted by Crippen LogP contribution is -2.21. The van der Waals surface area contributed by atoms with Crippen LogP contribution in [0.3, 0.4) is 0 Å². The second-order valence-electron chi connectivity index (χ2n) is 7.49. The second kappa shape index (κ2) is 9.75. The minimum Gasteiger partial charge on any atom is -0.492 e. The molecule has 34 heavy (non-hydrogen) atoms. The number of hydrogen-bond donors (Lipinski definition) is 2. The zero-order chi connectivity index (χ0) is 24.1. The summed E-state index contributed by atoms with van der Waals surface area (Å²) >= 11 is 0. The molecule has 0 saturated carbocycles. The van der Waals surface area contributed by atoms with Crippen LogP contribution in [0.2, 0.25) is 0 Å². The molecule has 0 aromatic heterocycles. The predicted molar refractivity (Wildman–Crippen MR) is 127 cm³/mol. The molecule has 8 heteroatoms. The Balaban J connectivity index is 1.50. The zero-order valence-corrected chi connectivity index (χ0v) is 18.7. The van der Waals surface area contributed by atoms with Crippen molar-refractivity contribution in [2.75, 3.05) is 12.4 Å². The summed E-state index contributed by atoms with van der Waals surface area (Å²) in [5.41, 5.74) is 3.88. The van der Waals surface area contributed by atoms with E-state index >= 15 is 0 Å². The Morgan fingerprint density at radius 2 is 1.71 bits per heavy atom. The summed E-state index contributed by atoms with van der Waals surface area (Å²) in [6.45, 7) is -0.182. The summed E-state index contributed by atoms with van der Waals surface area (Å²) in [6.07, 6.45) is 0. The van der Waals surface area contributed by atoms with Crippen molar-refractivity contribution >= 4 is 26.5 Å². The first-order valence-corrected chi connectivity index (χ1v) is 12.0. The van der Waals surface area contributed by atoms with Gasteiger partial charge in [-0.05, 0) is 52.2 Å². The molecule has 0 fully saturated rings. The van der Waals surface area contributed by atoms with Crippen molar-refractivity contribution < 1.29 is 23.2 Å². The first-order chi connectivity index (χ1) is 16.4. The maximum absolute atomic E-state index is 12.8. The molecule has 0 unspecified atom stereocenters. The van der Waals surface area contributed by atoms with Gasteiger partial charge in [0.1, 0.15) is 12.4 Å². The SMILES string of the molecule is N#Cc1cccc(-c2ccc(S(=O)(=O)CCOc3ccc4ccccc4c3C(=O)NO)cc2)c1. The molecule has 2 N–H and O–H groups in total. The molecular weight excluding hydrogens is 452 g/mol. The van der Waals surface area contributed by atoms with Crippen molar-refractivity contribution in [3.8, 4) is 22.9 Å². The lowest BCUT2D eigenvalue weighted by atomic mass is 10.0. The first-order valence-electron chi connectivity index (χ1n) is 10.4. The highest BCUT2D eigenvalue weighted by atomic mass is 32.2. The molecule has 0 bridgehead atoms. The van der Waals surface area contributed by atoms with E-state index in [4.69, 9.17) is 15.2 Å². The Morgan fingerprint density at radius 1 is 0.941 bits per heavy atom. The van der Waals surface area contributed by atoms with Crippen LogP contribution < -0.4 is 10.2 Å². The van der Waals surface area contributed by atoms with Crippen LogP contribution >= 0.6 is 0 Å². The van der Waals surface area contributed by atoms with E-state index in [1.165, 1.54) is 12.1 Å². The molecule has 4 rings (SSSR count). The monoisotopic (exact) mass is 472 g/mol. The van der Waals surface area contributed by atoms with Crippen molar-refractivity contribution in [3.05, 3.63) is 96.1 Å². The van der Waals surface area contributed by atoms with Crippen LogP contribution in [-0.2, 0) is 9.84 Å². The van der Waals surface area contributed by atoms with Crippen LogP contribution in [0.4, 0.5) is 0 Å². The Kier molecular flexibility index (Phi) is 6.59. The summed E-state index contributed by atoms with van der Waals surface area (Å²) in [4.78, 5) is 12.4. The summed E-state index contributed by atoms with van der Waals surface area (Å²) in [5.74, 6) is -0.873. The fourth-order valence-corrected chi connectivity index (χ4v) is 4.75. The highest BCUT2D eigenvalue weighted by Gasteiger charge is 2.19. The summed E-state index contributed by atoms with van der Waals surface area (Å²) < 4.78 is 31.3. The molecule has 0 aliphatic carbocycles. The molecule has 0 radical (unpaired) electrons. The van der Waals surface area contributed by atoms with Gasteiger partial charge in [-0.3, -0.25) is 10.0 Å². The van der Waals surface area contributed by atoms with Crippen LogP contribution in [0.1, 0.15) is 15.9 Å². The third kappa shape index (κ3) is 4.76. The van der Waals surface area contributed by atoms with Gasteiger partial charge in [0, 0.05) is 0 Å². The van der Waals surface area contributed by atoms with Crippen molar-refractivity contribution in [2.45, 2.75) is 4.90 Å². The molecule has 4 aromatic rings. The fraction of sp³-hybridized carbons (Fsp3) is 0.0769. The van der Waals surface area contributed by atoms with Crippen molar-refractivity contribution in [1.29, 1.82) is 5.26 Å². The van der Waals surface area contributed by atoms with Crippen molar-refractivity contribution in [3.63, 3.8) is 0 Å². The van der Waals surface area contributed by atoms with Crippen LogP contribution in [-0.4, -0.2) is 31.9 Å².